The predicted octanol–water partition coefficient (Wildman–Crippen LogP) is 1.67. The number of nitrogens with zero attached hydrogens (tertiary/aromatic N) is 4. The molecule has 2 heterocycles. The van der Waals surface area contributed by atoms with Gasteiger partial charge in [-0.15, -0.1) is 34.2 Å². The standard InChI is InChI=1S/C17H32N6O2.HI/c1-2-18-17(19-7-3-4-9-23-14-21-22-15-23)20-8-5-10-24-12-16-6-11-25-13-16;/h14-16H,2-13H2,1H3,(H2,18,19,20);1H. The summed E-state index contributed by atoms with van der Waals surface area (Å²) in [6, 6.07) is 0. The third kappa shape index (κ3) is 10.3. The first kappa shape index (κ1) is 23.1. The molecule has 150 valence electrons. The van der Waals surface area contributed by atoms with E-state index in [0.717, 1.165) is 84.2 Å². The van der Waals surface area contributed by atoms with E-state index < -0.39 is 0 Å². The molecule has 2 rings (SSSR count). The van der Waals surface area contributed by atoms with E-state index in [0.29, 0.717) is 5.92 Å². The van der Waals surface area contributed by atoms with E-state index in [1.54, 1.807) is 12.7 Å². The number of rotatable bonds is 12. The minimum atomic E-state index is 0. The van der Waals surface area contributed by atoms with Crippen LogP contribution in [0.1, 0.15) is 32.6 Å². The molecule has 0 aliphatic carbocycles. The van der Waals surface area contributed by atoms with E-state index >= 15 is 0 Å². The van der Waals surface area contributed by atoms with Gasteiger partial charge in [0.25, 0.3) is 0 Å². The zero-order valence-electron chi connectivity index (χ0n) is 15.7. The fourth-order valence-corrected chi connectivity index (χ4v) is 2.63. The van der Waals surface area contributed by atoms with Gasteiger partial charge >= 0.3 is 0 Å². The number of aliphatic imine (C=N–C) groups is 1. The van der Waals surface area contributed by atoms with E-state index in [2.05, 4.69) is 32.7 Å². The Morgan fingerprint density at radius 2 is 2.12 bits per heavy atom. The van der Waals surface area contributed by atoms with Crippen molar-refractivity contribution in [3.05, 3.63) is 12.7 Å². The molecule has 1 aromatic heterocycles. The molecule has 0 amide bonds. The van der Waals surface area contributed by atoms with Gasteiger partial charge in [0, 0.05) is 45.3 Å². The minimum Gasteiger partial charge on any atom is -0.381 e. The monoisotopic (exact) mass is 480 g/mol. The number of guanidine groups is 1. The molecular formula is C17H33IN6O2. The second kappa shape index (κ2) is 15.2. The average Bonchev–Trinajstić information content (AvgIpc) is 3.31. The molecule has 1 aliphatic heterocycles. The first-order valence-electron chi connectivity index (χ1n) is 9.38. The highest BCUT2D eigenvalue weighted by Crippen LogP contribution is 2.12. The van der Waals surface area contributed by atoms with Crippen LogP contribution in [0.25, 0.3) is 0 Å². The maximum atomic E-state index is 5.71. The van der Waals surface area contributed by atoms with Crippen LogP contribution in [0.2, 0.25) is 0 Å². The van der Waals surface area contributed by atoms with Gasteiger partial charge in [0.15, 0.2) is 5.96 Å². The Balaban J connectivity index is 0.00000338. The fraction of sp³-hybridized carbons (Fsp3) is 0.824. The van der Waals surface area contributed by atoms with Crippen LogP contribution >= 0.6 is 24.0 Å². The Hall–Kier alpha value is -0.940. The zero-order valence-corrected chi connectivity index (χ0v) is 18.1. The summed E-state index contributed by atoms with van der Waals surface area (Å²) in [4.78, 5) is 4.59. The van der Waals surface area contributed by atoms with Gasteiger partial charge in [-0.1, -0.05) is 0 Å². The highest BCUT2D eigenvalue weighted by Gasteiger charge is 2.15. The second-order valence-corrected chi connectivity index (χ2v) is 6.25. The number of ether oxygens (including phenoxy) is 2. The van der Waals surface area contributed by atoms with Crippen LogP contribution in [0.5, 0.6) is 0 Å². The van der Waals surface area contributed by atoms with E-state index in [-0.39, 0.29) is 24.0 Å². The molecule has 9 heteroatoms. The number of nitrogens with one attached hydrogen (secondary N) is 2. The molecule has 1 saturated heterocycles. The van der Waals surface area contributed by atoms with E-state index in [4.69, 9.17) is 9.47 Å². The van der Waals surface area contributed by atoms with Crippen molar-refractivity contribution in [2.45, 2.75) is 39.2 Å². The first-order valence-corrected chi connectivity index (χ1v) is 9.38. The molecule has 26 heavy (non-hydrogen) atoms. The van der Waals surface area contributed by atoms with Crippen LogP contribution < -0.4 is 10.6 Å². The number of hydrogen-bond acceptors (Lipinski definition) is 5. The van der Waals surface area contributed by atoms with Gasteiger partial charge in [-0.25, -0.2) is 0 Å². The smallest absolute Gasteiger partial charge is 0.191 e. The second-order valence-electron chi connectivity index (χ2n) is 6.25. The number of hydrogen-bond donors (Lipinski definition) is 2. The third-order valence-corrected chi connectivity index (χ3v) is 4.04. The minimum absolute atomic E-state index is 0. The molecule has 1 aromatic rings. The van der Waals surface area contributed by atoms with Crippen LogP contribution in [0.15, 0.2) is 17.6 Å². The Kier molecular flexibility index (Phi) is 13.5. The molecule has 1 unspecified atom stereocenters. The number of aryl methyl sites for hydroxylation is 1. The summed E-state index contributed by atoms with van der Waals surface area (Å²) in [6.45, 7) is 8.89. The van der Waals surface area contributed by atoms with Crippen LogP contribution in [-0.4, -0.2) is 66.8 Å². The highest BCUT2D eigenvalue weighted by atomic mass is 127. The van der Waals surface area contributed by atoms with Gasteiger partial charge < -0.3 is 24.7 Å². The molecule has 0 spiro atoms. The maximum absolute atomic E-state index is 5.71. The van der Waals surface area contributed by atoms with Gasteiger partial charge in [-0.3, -0.25) is 4.99 Å². The number of halogens is 1. The Morgan fingerprint density at radius 3 is 2.85 bits per heavy atom. The highest BCUT2D eigenvalue weighted by molar-refractivity contribution is 14.0. The first-order chi connectivity index (χ1) is 12.4. The van der Waals surface area contributed by atoms with Crippen molar-refractivity contribution >= 4 is 29.9 Å². The quantitative estimate of drug-likeness (QED) is 0.205. The van der Waals surface area contributed by atoms with Crippen molar-refractivity contribution in [3.63, 3.8) is 0 Å². The molecule has 0 radical (unpaired) electrons. The predicted molar refractivity (Wildman–Crippen MR) is 113 cm³/mol. The van der Waals surface area contributed by atoms with Gasteiger partial charge in [0.2, 0.25) is 0 Å². The lowest BCUT2D eigenvalue weighted by Gasteiger charge is -2.11. The Labute approximate surface area is 173 Å². The lowest BCUT2D eigenvalue weighted by atomic mass is 10.1. The summed E-state index contributed by atoms with van der Waals surface area (Å²) in [7, 11) is 0. The SMILES string of the molecule is CCNC(=NCCCOCC1CCOC1)NCCCCn1cnnc1.I. The number of aromatic nitrogens is 3. The summed E-state index contributed by atoms with van der Waals surface area (Å²) in [5.41, 5.74) is 0. The van der Waals surface area contributed by atoms with E-state index in [1.165, 1.54) is 0 Å². The van der Waals surface area contributed by atoms with E-state index in [1.807, 2.05) is 4.57 Å². The van der Waals surface area contributed by atoms with Crippen molar-refractivity contribution < 1.29 is 9.47 Å². The molecule has 1 atom stereocenters. The van der Waals surface area contributed by atoms with Crippen molar-refractivity contribution in [3.8, 4) is 0 Å². The van der Waals surface area contributed by atoms with Crippen LogP contribution in [0.3, 0.4) is 0 Å². The Bertz CT molecular complexity index is 466. The zero-order chi connectivity index (χ0) is 17.6. The molecule has 1 aliphatic rings. The van der Waals surface area contributed by atoms with Crippen LogP contribution in [0, 0.1) is 5.92 Å². The normalized spacial score (nSPS) is 17.1. The van der Waals surface area contributed by atoms with Crippen LogP contribution in [-0.2, 0) is 16.0 Å². The maximum Gasteiger partial charge on any atom is 0.191 e. The Morgan fingerprint density at radius 1 is 1.27 bits per heavy atom. The third-order valence-electron chi connectivity index (χ3n) is 4.04. The van der Waals surface area contributed by atoms with E-state index in [9.17, 15) is 0 Å². The van der Waals surface area contributed by atoms with Crippen LogP contribution in [0.4, 0.5) is 0 Å². The summed E-state index contributed by atoms with van der Waals surface area (Å²) >= 11 is 0. The van der Waals surface area contributed by atoms with Gasteiger partial charge in [-0.2, -0.15) is 0 Å². The molecule has 0 saturated carbocycles. The molecule has 8 nitrogen and oxygen atoms in total. The summed E-state index contributed by atoms with van der Waals surface area (Å²) < 4.78 is 13.0. The molecule has 1 fully saturated rings. The summed E-state index contributed by atoms with van der Waals surface area (Å²) in [5.74, 6) is 1.47. The van der Waals surface area contributed by atoms with Gasteiger partial charge in [0.1, 0.15) is 12.7 Å². The molecule has 0 bridgehead atoms. The topological polar surface area (TPSA) is 85.6 Å². The summed E-state index contributed by atoms with van der Waals surface area (Å²) in [5, 5.41) is 14.3. The average molecular weight is 480 g/mol. The van der Waals surface area contributed by atoms with Gasteiger partial charge in [0.05, 0.1) is 13.2 Å². The largest absolute Gasteiger partial charge is 0.381 e. The van der Waals surface area contributed by atoms with Crippen molar-refractivity contribution in [2.75, 3.05) is 46.1 Å². The number of unbranched alkanes of at least 4 members (excludes halogenated alkanes) is 1. The lowest BCUT2D eigenvalue weighted by Crippen LogP contribution is -2.38. The summed E-state index contributed by atoms with van der Waals surface area (Å²) in [6.07, 6.45) is 7.74. The molecular weight excluding hydrogens is 447 g/mol. The van der Waals surface area contributed by atoms with Crippen molar-refractivity contribution in [1.29, 1.82) is 0 Å². The van der Waals surface area contributed by atoms with Crippen molar-refractivity contribution in [2.24, 2.45) is 10.9 Å². The molecule has 2 N–H and O–H groups in total. The van der Waals surface area contributed by atoms with Crippen molar-refractivity contribution in [1.82, 2.24) is 25.4 Å². The fourth-order valence-electron chi connectivity index (χ4n) is 2.63. The lowest BCUT2D eigenvalue weighted by molar-refractivity contribution is 0.0893. The van der Waals surface area contributed by atoms with Gasteiger partial charge in [-0.05, 0) is 32.6 Å². The molecule has 0 aromatic carbocycles.